The summed E-state index contributed by atoms with van der Waals surface area (Å²) >= 11 is 0. The highest BCUT2D eigenvalue weighted by Gasteiger charge is 2.39. The van der Waals surface area contributed by atoms with Gasteiger partial charge in [0.15, 0.2) is 0 Å². The molecule has 5 heteroatoms. The van der Waals surface area contributed by atoms with E-state index >= 15 is 0 Å². The predicted molar refractivity (Wildman–Crippen MR) is 91.3 cm³/mol. The molecule has 2 aliphatic rings. The lowest BCUT2D eigenvalue weighted by molar-refractivity contribution is -0.139. The number of likely N-dealkylation sites (tertiary alicyclic amines) is 1. The van der Waals surface area contributed by atoms with Gasteiger partial charge in [-0.25, -0.2) is 0 Å². The molecule has 3 rings (SSSR count). The predicted octanol–water partition coefficient (Wildman–Crippen LogP) is 2.70. The van der Waals surface area contributed by atoms with Gasteiger partial charge in [0.25, 0.3) is 0 Å². The monoisotopic (exact) mass is 325 g/mol. The van der Waals surface area contributed by atoms with Gasteiger partial charge in [-0.2, -0.15) is 5.26 Å². The molecular weight excluding hydrogens is 302 g/mol. The molecule has 5 nitrogen and oxygen atoms in total. The quantitative estimate of drug-likeness (QED) is 0.858. The lowest BCUT2D eigenvalue weighted by Gasteiger charge is -2.36. The van der Waals surface area contributed by atoms with Gasteiger partial charge in [0.1, 0.15) is 6.07 Å². The van der Waals surface area contributed by atoms with Crippen molar-refractivity contribution < 1.29 is 9.59 Å². The average molecular weight is 325 g/mol. The van der Waals surface area contributed by atoms with Gasteiger partial charge in [-0.05, 0) is 37.8 Å². The van der Waals surface area contributed by atoms with E-state index in [1.165, 1.54) is 6.42 Å². The number of hydrogen-bond donors (Lipinski definition) is 0. The maximum atomic E-state index is 12.9. The number of hydrogen-bond acceptors (Lipinski definition) is 3. The Morgan fingerprint density at radius 1 is 1.33 bits per heavy atom. The number of para-hydroxylation sites is 1. The minimum atomic E-state index is -0.295. The van der Waals surface area contributed by atoms with Crippen LogP contribution in [-0.4, -0.2) is 35.8 Å². The highest BCUT2D eigenvalue weighted by atomic mass is 16.2. The van der Waals surface area contributed by atoms with E-state index in [-0.39, 0.29) is 24.2 Å². The molecule has 2 atom stereocenters. The van der Waals surface area contributed by atoms with Crippen molar-refractivity contribution in [2.75, 3.05) is 18.0 Å². The molecule has 2 fully saturated rings. The number of amides is 2. The Hall–Kier alpha value is -2.35. The average Bonchev–Trinajstić information content (AvgIpc) is 3.02. The molecule has 0 radical (unpaired) electrons. The first-order chi connectivity index (χ1) is 11.7. The summed E-state index contributed by atoms with van der Waals surface area (Å²) in [6.07, 6.45) is 4.49. The van der Waals surface area contributed by atoms with Crippen LogP contribution in [0.2, 0.25) is 0 Å². The second kappa shape index (κ2) is 7.04. The topological polar surface area (TPSA) is 64.4 Å². The Morgan fingerprint density at radius 2 is 2.12 bits per heavy atom. The van der Waals surface area contributed by atoms with Gasteiger partial charge in [-0.3, -0.25) is 9.59 Å². The molecule has 0 spiro atoms. The van der Waals surface area contributed by atoms with Crippen LogP contribution in [0.5, 0.6) is 0 Å². The van der Waals surface area contributed by atoms with E-state index in [0.29, 0.717) is 23.8 Å². The SMILES string of the molecule is CCC1CCCCN1C(=O)C1CC(=O)N(c2ccccc2C#N)C1. The summed E-state index contributed by atoms with van der Waals surface area (Å²) in [4.78, 5) is 29.0. The van der Waals surface area contributed by atoms with Gasteiger partial charge in [0.2, 0.25) is 11.8 Å². The van der Waals surface area contributed by atoms with E-state index in [1.54, 1.807) is 23.1 Å². The second-order valence-electron chi connectivity index (χ2n) is 6.62. The van der Waals surface area contributed by atoms with Crippen molar-refractivity contribution in [3.8, 4) is 6.07 Å². The number of nitrogens with zero attached hydrogens (tertiary/aromatic N) is 3. The first kappa shape index (κ1) is 16.5. The molecule has 0 saturated carbocycles. The molecule has 0 N–H and O–H groups in total. The minimum absolute atomic E-state index is 0.0684. The molecule has 1 aromatic rings. The van der Waals surface area contributed by atoms with Crippen molar-refractivity contribution in [1.82, 2.24) is 4.90 Å². The van der Waals surface area contributed by atoms with Crippen molar-refractivity contribution in [3.05, 3.63) is 29.8 Å². The Bertz CT molecular complexity index is 679. The van der Waals surface area contributed by atoms with Crippen molar-refractivity contribution in [2.45, 2.75) is 45.1 Å². The number of carbonyl (C=O) groups is 2. The van der Waals surface area contributed by atoms with E-state index in [2.05, 4.69) is 13.0 Å². The highest BCUT2D eigenvalue weighted by Crippen LogP contribution is 2.30. The number of anilines is 1. The number of nitriles is 1. The Balaban J connectivity index is 1.77. The van der Waals surface area contributed by atoms with Crippen LogP contribution >= 0.6 is 0 Å². The summed E-state index contributed by atoms with van der Waals surface area (Å²) in [7, 11) is 0. The summed E-state index contributed by atoms with van der Waals surface area (Å²) < 4.78 is 0. The molecular formula is C19H23N3O2. The summed E-state index contributed by atoms with van der Waals surface area (Å²) in [5.74, 6) is -0.260. The maximum absolute atomic E-state index is 12.9. The highest BCUT2D eigenvalue weighted by molar-refractivity contribution is 6.01. The molecule has 1 aromatic carbocycles. The first-order valence-electron chi connectivity index (χ1n) is 8.75. The summed E-state index contributed by atoms with van der Waals surface area (Å²) in [5.41, 5.74) is 1.09. The fraction of sp³-hybridized carbons (Fsp3) is 0.526. The number of rotatable bonds is 3. The normalized spacial score (nSPS) is 24.1. The van der Waals surface area contributed by atoms with Crippen molar-refractivity contribution in [3.63, 3.8) is 0 Å². The molecule has 2 unspecified atom stereocenters. The Morgan fingerprint density at radius 3 is 2.88 bits per heavy atom. The molecule has 2 aliphatic heterocycles. The zero-order valence-corrected chi connectivity index (χ0v) is 14.1. The standard InChI is InChI=1S/C19H23N3O2/c1-2-16-8-5-6-10-21(16)19(24)15-11-18(23)22(13-15)17-9-4-3-7-14(17)12-20/h3-4,7,9,15-16H,2,5-6,8,10-11,13H2,1H3. The summed E-state index contributed by atoms with van der Waals surface area (Å²) in [6, 6.07) is 9.51. The number of piperidine rings is 1. The summed E-state index contributed by atoms with van der Waals surface area (Å²) in [5, 5.41) is 9.25. The molecule has 0 aliphatic carbocycles. The van der Waals surface area contributed by atoms with E-state index in [9.17, 15) is 14.9 Å². The third-order valence-corrected chi connectivity index (χ3v) is 5.17. The van der Waals surface area contributed by atoms with Crippen LogP contribution < -0.4 is 4.90 Å². The Kier molecular flexibility index (Phi) is 4.84. The number of carbonyl (C=O) groups excluding carboxylic acids is 2. The van der Waals surface area contributed by atoms with Crippen molar-refractivity contribution in [2.24, 2.45) is 5.92 Å². The van der Waals surface area contributed by atoms with Crippen LogP contribution in [0.1, 0.15) is 44.6 Å². The van der Waals surface area contributed by atoms with Gasteiger partial charge in [-0.1, -0.05) is 19.1 Å². The molecule has 2 saturated heterocycles. The van der Waals surface area contributed by atoms with E-state index < -0.39 is 0 Å². The van der Waals surface area contributed by atoms with Crippen LogP contribution in [0.4, 0.5) is 5.69 Å². The molecule has 0 bridgehead atoms. The lowest BCUT2D eigenvalue weighted by Crippen LogP contribution is -2.46. The fourth-order valence-electron chi connectivity index (χ4n) is 3.86. The smallest absolute Gasteiger partial charge is 0.228 e. The third kappa shape index (κ3) is 3.01. The third-order valence-electron chi connectivity index (χ3n) is 5.17. The largest absolute Gasteiger partial charge is 0.339 e. The van der Waals surface area contributed by atoms with Gasteiger partial charge >= 0.3 is 0 Å². The van der Waals surface area contributed by atoms with Crippen LogP contribution in [0.25, 0.3) is 0 Å². The van der Waals surface area contributed by atoms with E-state index in [4.69, 9.17) is 0 Å². The molecule has 2 heterocycles. The van der Waals surface area contributed by atoms with Crippen LogP contribution in [0, 0.1) is 17.2 Å². The van der Waals surface area contributed by atoms with E-state index in [0.717, 1.165) is 25.8 Å². The second-order valence-corrected chi connectivity index (χ2v) is 6.62. The summed E-state index contributed by atoms with van der Waals surface area (Å²) in [6.45, 7) is 3.30. The lowest BCUT2D eigenvalue weighted by atomic mass is 9.97. The zero-order chi connectivity index (χ0) is 17.1. The van der Waals surface area contributed by atoms with Gasteiger partial charge in [0.05, 0.1) is 17.2 Å². The fourth-order valence-corrected chi connectivity index (χ4v) is 3.86. The van der Waals surface area contributed by atoms with Crippen LogP contribution in [0.3, 0.4) is 0 Å². The first-order valence-corrected chi connectivity index (χ1v) is 8.75. The van der Waals surface area contributed by atoms with Gasteiger partial charge in [-0.15, -0.1) is 0 Å². The molecule has 0 aromatic heterocycles. The van der Waals surface area contributed by atoms with Crippen molar-refractivity contribution >= 4 is 17.5 Å². The maximum Gasteiger partial charge on any atom is 0.228 e. The van der Waals surface area contributed by atoms with Crippen LogP contribution in [-0.2, 0) is 9.59 Å². The Labute approximate surface area is 142 Å². The zero-order valence-electron chi connectivity index (χ0n) is 14.1. The minimum Gasteiger partial charge on any atom is -0.339 e. The van der Waals surface area contributed by atoms with Crippen LogP contribution in [0.15, 0.2) is 24.3 Å². The molecule has 126 valence electrons. The van der Waals surface area contributed by atoms with Crippen molar-refractivity contribution in [1.29, 1.82) is 5.26 Å². The number of benzene rings is 1. The van der Waals surface area contributed by atoms with Gasteiger partial charge in [0, 0.05) is 25.6 Å². The van der Waals surface area contributed by atoms with E-state index in [1.807, 2.05) is 11.0 Å². The molecule has 2 amide bonds. The van der Waals surface area contributed by atoms with Gasteiger partial charge < -0.3 is 9.80 Å². The molecule has 24 heavy (non-hydrogen) atoms.